The van der Waals surface area contributed by atoms with Crippen LogP contribution in [0.5, 0.6) is 11.6 Å². The molecule has 2 aromatic heterocycles. The summed E-state index contributed by atoms with van der Waals surface area (Å²) in [7, 11) is 0. The van der Waals surface area contributed by atoms with E-state index in [2.05, 4.69) is 29.1 Å². The molecule has 0 aliphatic carbocycles. The number of carboxylic acid groups (broad SMARTS) is 1. The number of carbonyl (C=O) groups is 1. The van der Waals surface area contributed by atoms with Crippen LogP contribution in [0.1, 0.15) is 45.1 Å². The van der Waals surface area contributed by atoms with Crippen LogP contribution in [0.2, 0.25) is 0 Å². The quantitative estimate of drug-likeness (QED) is 0.309. The number of hydrogen-bond donors (Lipinski definition) is 1. The van der Waals surface area contributed by atoms with Crippen LogP contribution in [0.3, 0.4) is 0 Å². The summed E-state index contributed by atoms with van der Waals surface area (Å²) in [4.78, 5) is 19.0. The van der Waals surface area contributed by atoms with Gasteiger partial charge in [0.15, 0.2) is 5.82 Å². The molecule has 1 saturated heterocycles. The summed E-state index contributed by atoms with van der Waals surface area (Å²) >= 11 is 0. The fourth-order valence-corrected chi connectivity index (χ4v) is 5.61. The van der Waals surface area contributed by atoms with Crippen molar-refractivity contribution < 1.29 is 24.1 Å². The summed E-state index contributed by atoms with van der Waals surface area (Å²) in [6, 6.07) is 16.6. The second-order valence-electron chi connectivity index (χ2n) is 10.6. The van der Waals surface area contributed by atoms with Gasteiger partial charge in [0.25, 0.3) is 0 Å². The van der Waals surface area contributed by atoms with Gasteiger partial charge in [-0.05, 0) is 73.2 Å². The summed E-state index contributed by atoms with van der Waals surface area (Å²) in [5, 5.41) is 13.8. The number of carboxylic acids is 1. The van der Waals surface area contributed by atoms with Crippen molar-refractivity contribution >= 4 is 5.97 Å². The minimum atomic E-state index is -1.10. The topological polar surface area (TPSA) is 98.9 Å². The van der Waals surface area contributed by atoms with Gasteiger partial charge in [0.1, 0.15) is 17.9 Å². The molecule has 0 saturated carbocycles. The van der Waals surface area contributed by atoms with Gasteiger partial charge in [0.05, 0.1) is 37.8 Å². The van der Waals surface area contributed by atoms with E-state index in [0.29, 0.717) is 30.8 Å². The highest BCUT2D eigenvalue weighted by Gasteiger charge is 2.29. The van der Waals surface area contributed by atoms with Gasteiger partial charge < -0.3 is 19.3 Å². The van der Waals surface area contributed by atoms with Crippen molar-refractivity contribution in [3.05, 3.63) is 88.1 Å². The number of aryl methyl sites for hydroxylation is 2. The van der Waals surface area contributed by atoms with Crippen LogP contribution in [-0.2, 0) is 24.3 Å². The molecular formula is C32H34N4O5. The first-order valence-corrected chi connectivity index (χ1v) is 14.0. The van der Waals surface area contributed by atoms with Gasteiger partial charge in [0, 0.05) is 18.7 Å². The normalized spacial score (nSPS) is 15.3. The Balaban J connectivity index is 1.26. The van der Waals surface area contributed by atoms with Crippen molar-refractivity contribution in [2.75, 3.05) is 26.4 Å². The Hall–Kier alpha value is -4.21. The molecule has 9 nitrogen and oxygen atoms in total. The van der Waals surface area contributed by atoms with Gasteiger partial charge in [-0.1, -0.05) is 30.3 Å². The first kappa shape index (κ1) is 27.0. The molecule has 2 aliphatic rings. The van der Waals surface area contributed by atoms with Crippen molar-refractivity contribution in [3.8, 4) is 28.7 Å². The van der Waals surface area contributed by atoms with E-state index < -0.39 is 5.97 Å². The maximum Gasteiger partial charge on any atom is 0.342 e. The first-order chi connectivity index (χ1) is 19.9. The molecule has 4 heterocycles. The van der Waals surface area contributed by atoms with E-state index >= 15 is 0 Å². The molecule has 0 amide bonds. The Kier molecular flexibility index (Phi) is 7.47. The molecule has 9 heteroatoms. The van der Waals surface area contributed by atoms with Crippen LogP contribution in [0.15, 0.2) is 54.7 Å². The summed E-state index contributed by atoms with van der Waals surface area (Å²) < 4.78 is 18.9. The van der Waals surface area contributed by atoms with E-state index in [1.165, 1.54) is 27.6 Å². The van der Waals surface area contributed by atoms with Crippen molar-refractivity contribution in [2.24, 2.45) is 0 Å². The molecule has 1 N–H and O–H groups in total. The molecule has 4 aromatic rings. The third-order valence-electron chi connectivity index (χ3n) is 7.85. The lowest BCUT2D eigenvalue weighted by atomic mass is 9.92. The van der Waals surface area contributed by atoms with E-state index in [1.54, 1.807) is 13.0 Å². The van der Waals surface area contributed by atoms with E-state index in [-0.39, 0.29) is 11.4 Å². The third-order valence-corrected chi connectivity index (χ3v) is 7.85. The van der Waals surface area contributed by atoms with E-state index in [4.69, 9.17) is 19.2 Å². The third kappa shape index (κ3) is 5.30. The van der Waals surface area contributed by atoms with Crippen molar-refractivity contribution in [1.82, 2.24) is 19.7 Å². The maximum absolute atomic E-state index is 11.7. The molecule has 212 valence electrons. The Labute approximate surface area is 239 Å². The number of aromatic carboxylic acids is 1. The largest absolute Gasteiger partial charge is 0.488 e. The maximum atomic E-state index is 11.7. The first-order valence-electron chi connectivity index (χ1n) is 14.0. The minimum Gasteiger partial charge on any atom is -0.488 e. The van der Waals surface area contributed by atoms with Crippen LogP contribution in [0, 0.1) is 13.8 Å². The van der Waals surface area contributed by atoms with Crippen LogP contribution in [-0.4, -0.2) is 63.1 Å². The standard InChI is InChI=1S/C32H34N4O5/c1-4-40-31-26(32(37)38)15-33-36(31)29-10-6-9-28(34-29)25-8-5-7-20(2)30(25)41-17-22-13-21(3)27-16-35(24-18-39-19-24)12-11-23(27)14-22/h5-10,13-15,24H,4,11-12,16-19H2,1-3H3,(H,37,38). The molecule has 0 unspecified atom stereocenters. The van der Waals surface area contributed by atoms with Gasteiger partial charge in [-0.25, -0.2) is 9.78 Å². The zero-order valence-electron chi connectivity index (χ0n) is 23.6. The molecule has 2 aliphatic heterocycles. The number of ether oxygens (including phenoxy) is 3. The highest BCUT2D eigenvalue weighted by molar-refractivity contribution is 5.90. The fourth-order valence-electron chi connectivity index (χ4n) is 5.61. The molecule has 0 bridgehead atoms. The van der Waals surface area contributed by atoms with Crippen LogP contribution in [0.4, 0.5) is 0 Å². The van der Waals surface area contributed by atoms with E-state index in [1.807, 2.05) is 37.3 Å². The summed E-state index contributed by atoms with van der Waals surface area (Å²) in [5.41, 5.74) is 7.83. The number of para-hydroxylation sites is 1. The van der Waals surface area contributed by atoms with Gasteiger partial charge in [0.2, 0.25) is 5.88 Å². The van der Waals surface area contributed by atoms with Crippen LogP contribution in [0.25, 0.3) is 17.1 Å². The fraction of sp³-hybridized carbons (Fsp3) is 0.344. The Morgan fingerprint density at radius 2 is 1.93 bits per heavy atom. The van der Waals surface area contributed by atoms with Crippen LogP contribution < -0.4 is 9.47 Å². The Bertz CT molecular complexity index is 1590. The zero-order valence-corrected chi connectivity index (χ0v) is 23.6. The molecule has 0 radical (unpaired) electrons. The lowest BCUT2D eigenvalue weighted by Crippen LogP contribution is -2.50. The smallest absolute Gasteiger partial charge is 0.342 e. The number of hydrogen-bond acceptors (Lipinski definition) is 7. The number of pyridine rings is 1. The highest BCUT2D eigenvalue weighted by atomic mass is 16.5. The average molecular weight is 555 g/mol. The van der Waals surface area contributed by atoms with E-state index in [9.17, 15) is 9.90 Å². The second-order valence-corrected chi connectivity index (χ2v) is 10.6. The number of rotatable bonds is 9. The van der Waals surface area contributed by atoms with Crippen LogP contribution >= 0.6 is 0 Å². The van der Waals surface area contributed by atoms with Gasteiger partial charge in [-0.15, -0.1) is 0 Å². The molecule has 2 aromatic carbocycles. The van der Waals surface area contributed by atoms with Crippen molar-refractivity contribution in [3.63, 3.8) is 0 Å². The predicted octanol–water partition coefficient (Wildman–Crippen LogP) is 4.98. The summed E-state index contributed by atoms with van der Waals surface area (Å²) in [5.74, 6) is 0.268. The monoisotopic (exact) mass is 554 g/mol. The molecule has 0 spiro atoms. The highest BCUT2D eigenvalue weighted by Crippen LogP contribution is 2.34. The number of benzene rings is 2. The molecule has 6 rings (SSSR count). The van der Waals surface area contributed by atoms with Gasteiger partial charge in [-0.3, -0.25) is 4.90 Å². The SMILES string of the molecule is CCOc1c(C(=O)O)cnn1-c1cccc(-c2cccc(C)c2OCc2cc(C)c3c(c2)CCN(C2COC2)C3)n1. The van der Waals surface area contributed by atoms with Crippen molar-refractivity contribution in [2.45, 2.75) is 46.4 Å². The van der Waals surface area contributed by atoms with Gasteiger partial charge >= 0.3 is 5.97 Å². The second kappa shape index (κ2) is 11.3. The van der Waals surface area contributed by atoms with E-state index in [0.717, 1.165) is 55.2 Å². The predicted molar refractivity (Wildman–Crippen MR) is 154 cm³/mol. The zero-order chi connectivity index (χ0) is 28.5. The number of nitrogens with zero attached hydrogens (tertiary/aromatic N) is 4. The molecule has 1 fully saturated rings. The van der Waals surface area contributed by atoms with Gasteiger partial charge in [-0.2, -0.15) is 9.78 Å². The molecule has 0 atom stereocenters. The summed E-state index contributed by atoms with van der Waals surface area (Å²) in [6.45, 7) is 10.5. The molecule has 41 heavy (non-hydrogen) atoms. The lowest BCUT2D eigenvalue weighted by Gasteiger charge is -2.40. The minimum absolute atomic E-state index is 0.0104. The van der Waals surface area contributed by atoms with Crippen molar-refractivity contribution in [1.29, 1.82) is 0 Å². The lowest BCUT2D eigenvalue weighted by molar-refractivity contribution is -0.0695. The number of fused-ring (bicyclic) bond motifs is 1. The Morgan fingerprint density at radius 3 is 2.68 bits per heavy atom. The number of aromatic nitrogens is 3. The Morgan fingerprint density at radius 1 is 1.10 bits per heavy atom. The summed E-state index contributed by atoms with van der Waals surface area (Å²) in [6.07, 6.45) is 2.32. The average Bonchev–Trinajstić information content (AvgIpc) is 3.36. The molecular weight excluding hydrogens is 520 g/mol.